The normalized spacial score (nSPS) is 23.8. The number of aryl methyl sites for hydroxylation is 1. The van der Waals surface area contributed by atoms with Gasteiger partial charge in [-0.25, -0.2) is 0 Å². The lowest BCUT2D eigenvalue weighted by Crippen LogP contribution is -2.41. The van der Waals surface area contributed by atoms with Gasteiger partial charge in [-0.2, -0.15) is 0 Å². The van der Waals surface area contributed by atoms with Crippen LogP contribution < -0.4 is 10.5 Å². The van der Waals surface area contributed by atoms with Crippen molar-refractivity contribution >= 4 is 11.6 Å². The Bertz CT molecular complexity index is 405. The van der Waals surface area contributed by atoms with E-state index in [1.165, 1.54) is 5.56 Å². The van der Waals surface area contributed by atoms with Crippen LogP contribution in [0.1, 0.15) is 37.8 Å². The van der Waals surface area contributed by atoms with E-state index in [0.29, 0.717) is 11.6 Å². The Morgan fingerprint density at radius 3 is 2.81 bits per heavy atom. The fourth-order valence-electron chi connectivity index (χ4n) is 2.21. The number of ether oxygens (including phenoxy) is 1. The number of rotatable bonds is 2. The summed E-state index contributed by atoms with van der Waals surface area (Å²) in [6, 6.07) is 4.12. The van der Waals surface area contributed by atoms with Crippen LogP contribution in [-0.4, -0.2) is 6.61 Å². The predicted octanol–water partition coefficient (Wildman–Crippen LogP) is 3.25. The van der Waals surface area contributed by atoms with E-state index in [1.807, 2.05) is 6.07 Å². The maximum atomic E-state index is 6.42. The minimum absolute atomic E-state index is 0.275. The number of hydrogen-bond donors (Lipinski definition) is 1. The molecule has 1 aliphatic rings. The third-order valence-electron chi connectivity index (χ3n) is 3.47. The van der Waals surface area contributed by atoms with Gasteiger partial charge < -0.3 is 10.5 Å². The molecule has 1 aromatic carbocycles. The summed E-state index contributed by atoms with van der Waals surface area (Å²) in [5, 5.41) is 0.692. The molecule has 2 rings (SSSR count). The smallest absolute Gasteiger partial charge is 0.142 e. The van der Waals surface area contributed by atoms with Crippen molar-refractivity contribution in [1.82, 2.24) is 0 Å². The molecule has 16 heavy (non-hydrogen) atoms. The molecular formula is C13H18ClNO. The molecule has 2 nitrogen and oxygen atoms in total. The highest BCUT2D eigenvalue weighted by molar-refractivity contribution is 6.32. The number of fused-ring (bicyclic) bond motifs is 1. The number of halogens is 1. The monoisotopic (exact) mass is 239 g/mol. The second-order valence-corrected chi connectivity index (χ2v) is 4.82. The zero-order chi connectivity index (χ0) is 11.8. The minimum Gasteiger partial charge on any atom is -0.492 e. The Balaban J connectivity index is 2.58. The summed E-state index contributed by atoms with van der Waals surface area (Å²) in [7, 11) is 0. The summed E-state index contributed by atoms with van der Waals surface area (Å²) in [6.07, 6.45) is 2.74. The van der Waals surface area contributed by atoms with Crippen LogP contribution in [0.25, 0.3) is 0 Å². The van der Waals surface area contributed by atoms with Gasteiger partial charge in [-0.1, -0.05) is 31.5 Å². The van der Waals surface area contributed by atoms with Gasteiger partial charge in [-0.3, -0.25) is 0 Å². The average Bonchev–Trinajstić information content (AvgIpc) is 2.30. The zero-order valence-electron chi connectivity index (χ0n) is 9.85. The van der Waals surface area contributed by atoms with Crippen molar-refractivity contribution in [3.05, 3.63) is 28.3 Å². The summed E-state index contributed by atoms with van der Waals surface area (Å²) in [4.78, 5) is 0. The Morgan fingerprint density at radius 2 is 2.19 bits per heavy atom. The van der Waals surface area contributed by atoms with E-state index in [4.69, 9.17) is 22.1 Å². The maximum Gasteiger partial charge on any atom is 0.142 e. The van der Waals surface area contributed by atoms with Crippen LogP contribution in [0.2, 0.25) is 5.02 Å². The first-order chi connectivity index (χ1) is 7.60. The van der Waals surface area contributed by atoms with Crippen molar-refractivity contribution in [3.8, 4) is 5.75 Å². The van der Waals surface area contributed by atoms with Gasteiger partial charge in [0.05, 0.1) is 11.6 Å². The molecule has 88 valence electrons. The van der Waals surface area contributed by atoms with Crippen molar-refractivity contribution in [2.24, 2.45) is 5.73 Å². The van der Waals surface area contributed by atoms with Crippen molar-refractivity contribution in [2.75, 3.05) is 6.61 Å². The molecule has 1 atom stereocenters. The SMILES string of the molecule is CCc1cc(Cl)c2c(c1)C(N)(CC)CCO2. The van der Waals surface area contributed by atoms with Gasteiger partial charge in [-0.15, -0.1) is 0 Å². The first-order valence-corrected chi connectivity index (χ1v) is 6.23. The lowest BCUT2D eigenvalue weighted by Gasteiger charge is -2.35. The molecule has 0 amide bonds. The van der Waals surface area contributed by atoms with Crippen LogP contribution in [-0.2, 0) is 12.0 Å². The van der Waals surface area contributed by atoms with Gasteiger partial charge in [0.25, 0.3) is 0 Å². The highest BCUT2D eigenvalue weighted by atomic mass is 35.5. The van der Waals surface area contributed by atoms with Crippen LogP contribution in [0, 0.1) is 0 Å². The molecule has 3 heteroatoms. The lowest BCUT2D eigenvalue weighted by atomic mass is 9.82. The third kappa shape index (κ3) is 1.80. The number of hydrogen-bond acceptors (Lipinski definition) is 2. The quantitative estimate of drug-likeness (QED) is 0.860. The molecule has 2 N–H and O–H groups in total. The summed E-state index contributed by atoms with van der Waals surface area (Å²) in [6.45, 7) is 4.88. The van der Waals surface area contributed by atoms with Crippen molar-refractivity contribution < 1.29 is 4.74 Å². The third-order valence-corrected chi connectivity index (χ3v) is 3.75. The Kier molecular flexibility index (Phi) is 3.13. The molecule has 1 heterocycles. The maximum absolute atomic E-state index is 6.42. The molecule has 0 aromatic heterocycles. The highest BCUT2D eigenvalue weighted by Gasteiger charge is 2.33. The van der Waals surface area contributed by atoms with E-state index in [1.54, 1.807) is 0 Å². The van der Waals surface area contributed by atoms with Crippen LogP contribution >= 0.6 is 11.6 Å². The van der Waals surface area contributed by atoms with Gasteiger partial charge in [0, 0.05) is 17.5 Å². The van der Waals surface area contributed by atoms with Crippen molar-refractivity contribution in [3.63, 3.8) is 0 Å². The molecular weight excluding hydrogens is 222 g/mol. The summed E-state index contributed by atoms with van der Waals surface area (Å²) in [5.41, 5.74) is 8.44. The van der Waals surface area contributed by atoms with Crippen LogP contribution in [0.5, 0.6) is 5.75 Å². The highest BCUT2D eigenvalue weighted by Crippen LogP contribution is 2.42. The van der Waals surface area contributed by atoms with E-state index in [2.05, 4.69) is 19.9 Å². The molecule has 0 bridgehead atoms. The molecule has 0 fully saturated rings. The lowest BCUT2D eigenvalue weighted by molar-refractivity contribution is 0.212. The first-order valence-electron chi connectivity index (χ1n) is 5.85. The van der Waals surface area contributed by atoms with Gasteiger partial charge in [0.15, 0.2) is 0 Å². The topological polar surface area (TPSA) is 35.2 Å². The van der Waals surface area contributed by atoms with Crippen molar-refractivity contribution in [2.45, 2.75) is 38.6 Å². The number of nitrogens with two attached hydrogens (primary N) is 1. The molecule has 0 saturated carbocycles. The summed E-state index contributed by atoms with van der Waals surface area (Å²) < 4.78 is 5.64. The standard InChI is InChI=1S/C13H18ClNO/c1-3-9-7-10-12(11(14)8-9)16-6-5-13(10,15)4-2/h7-8H,3-6,15H2,1-2H3. The largest absolute Gasteiger partial charge is 0.492 e. The van der Waals surface area contributed by atoms with Gasteiger partial charge >= 0.3 is 0 Å². The number of benzene rings is 1. The minimum atomic E-state index is -0.275. The molecule has 1 aliphatic heterocycles. The predicted molar refractivity (Wildman–Crippen MR) is 67.1 cm³/mol. The first kappa shape index (κ1) is 11.7. The van der Waals surface area contributed by atoms with Crippen LogP contribution in [0.15, 0.2) is 12.1 Å². The second kappa shape index (κ2) is 4.27. The van der Waals surface area contributed by atoms with Gasteiger partial charge in [0.2, 0.25) is 0 Å². The Morgan fingerprint density at radius 1 is 1.44 bits per heavy atom. The van der Waals surface area contributed by atoms with E-state index in [9.17, 15) is 0 Å². The van der Waals surface area contributed by atoms with Crippen LogP contribution in [0.3, 0.4) is 0 Å². The average molecular weight is 240 g/mol. The van der Waals surface area contributed by atoms with Gasteiger partial charge in [0.1, 0.15) is 5.75 Å². The summed E-state index contributed by atoms with van der Waals surface area (Å²) in [5.74, 6) is 0.787. The molecule has 0 aliphatic carbocycles. The van der Waals surface area contributed by atoms with Gasteiger partial charge in [-0.05, 0) is 24.5 Å². The fourth-order valence-corrected chi connectivity index (χ4v) is 2.50. The van der Waals surface area contributed by atoms with E-state index in [0.717, 1.165) is 30.6 Å². The van der Waals surface area contributed by atoms with E-state index >= 15 is 0 Å². The Hall–Kier alpha value is -0.730. The van der Waals surface area contributed by atoms with E-state index < -0.39 is 0 Å². The molecule has 0 radical (unpaired) electrons. The van der Waals surface area contributed by atoms with E-state index in [-0.39, 0.29) is 5.54 Å². The summed E-state index contributed by atoms with van der Waals surface area (Å²) >= 11 is 6.23. The fraction of sp³-hybridized carbons (Fsp3) is 0.538. The second-order valence-electron chi connectivity index (χ2n) is 4.42. The molecule has 1 unspecified atom stereocenters. The zero-order valence-corrected chi connectivity index (χ0v) is 10.6. The van der Waals surface area contributed by atoms with Crippen LogP contribution in [0.4, 0.5) is 0 Å². The van der Waals surface area contributed by atoms with Crippen molar-refractivity contribution in [1.29, 1.82) is 0 Å². The Labute approximate surface area is 102 Å². The molecule has 0 saturated heterocycles. The molecule has 0 spiro atoms. The molecule has 1 aromatic rings.